The summed E-state index contributed by atoms with van der Waals surface area (Å²) < 4.78 is 28.8. The monoisotopic (exact) mass is 532 g/mol. The highest BCUT2D eigenvalue weighted by Gasteiger charge is 2.48. The summed E-state index contributed by atoms with van der Waals surface area (Å²) >= 11 is 0. The van der Waals surface area contributed by atoms with Crippen molar-refractivity contribution in [1.82, 2.24) is 4.90 Å². The lowest BCUT2D eigenvalue weighted by Crippen LogP contribution is -2.50. The van der Waals surface area contributed by atoms with Crippen LogP contribution in [0, 0.1) is 22.3 Å². The standard InChI is InChI=1S/C30H30F2N4O3/c1-29(2)8-7-25(19-10-21(31)13-22(32)11-19)35(28(29)38)16-26(37)34-23-6-5-18-14-30(15-20(18)12-23)17-33-27-24(30)4-3-9-36(27)39/h3-6,9-13,25,33H,7-8,14-17H2,1-2H3,(H,34,37)/t25-,30-/m0/s1. The summed E-state index contributed by atoms with van der Waals surface area (Å²) in [6.07, 6.45) is 4.06. The first kappa shape index (κ1) is 25.3. The van der Waals surface area contributed by atoms with Gasteiger partial charge in [0.1, 0.15) is 18.2 Å². The molecule has 3 aromatic rings. The number of fused-ring (bicyclic) bond motifs is 3. The summed E-state index contributed by atoms with van der Waals surface area (Å²) in [4.78, 5) is 28.0. The van der Waals surface area contributed by atoms with Crippen molar-refractivity contribution in [3.63, 3.8) is 0 Å². The zero-order chi connectivity index (χ0) is 27.5. The Morgan fingerprint density at radius 2 is 1.87 bits per heavy atom. The van der Waals surface area contributed by atoms with E-state index in [-0.39, 0.29) is 23.8 Å². The molecule has 6 rings (SSSR count). The van der Waals surface area contributed by atoms with Gasteiger partial charge < -0.3 is 15.4 Å². The van der Waals surface area contributed by atoms with Crippen molar-refractivity contribution in [2.24, 2.45) is 5.41 Å². The van der Waals surface area contributed by atoms with Crippen molar-refractivity contribution < 1.29 is 23.1 Å². The Morgan fingerprint density at radius 1 is 1.13 bits per heavy atom. The number of hydrogen-bond acceptors (Lipinski definition) is 4. The van der Waals surface area contributed by atoms with Gasteiger partial charge in [-0.2, -0.15) is 0 Å². The Balaban J connectivity index is 1.20. The molecule has 2 N–H and O–H groups in total. The zero-order valence-corrected chi connectivity index (χ0v) is 21.9. The Labute approximate surface area is 225 Å². The lowest BCUT2D eigenvalue weighted by atomic mass is 9.78. The number of amides is 2. The van der Waals surface area contributed by atoms with Crippen molar-refractivity contribution in [3.05, 3.63) is 93.8 Å². The van der Waals surface area contributed by atoms with Gasteiger partial charge in [0.2, 0.25) is 11.8 Å². The summed E-state index contributed by atoms with van der Waals surface area (Å²) in [7, 11) is 0. The summed E-state index contributed by atoms with van der Waals surface area (Å²) in [5, 5.41) is 18.4. The molecule has 39 heavy (non-hydrogen) atoms. The van der Waals surface area contributed by atoms with Gasteiger partial charge in [-0.25, -0.2) is 13.5 Å². The minimum absolute atomic E-state index is 0.201. The number of benzene rings is 2. The molecule has 0 radical (unpaired) electrons. The summed E-state index contributed by atoms with van der Waals surface area (Å²) in [5.41, 5.74) is 3.36. The van der Waals surface area contributed by atoms with E-state index in [2.05, 4.69) is 10.6 Å². The van der Waals surface area contributed by atoms with E-state index < -0.39 is 23.1 Å². The third-order valence-electron chi connectivity index (χ3n) is 8.52. The molecule has 0 unspecified atom stereocenters. The average molecular weight is 533 g/mol. The predicted molar refractivity (Wildman–Crippen MR) is 142 cm³/mol. The van der Waals surface area contributed by atoms with Gasteiger partial charge in [-0.15, -0.1) is 0 Å². The van der Waals surface area contributed by atoms with Crippen LogP contribution in [0.15, 0.2) is 54.7 Å². The largest absolute Gasteiger partial charge is 0.711 e. The van der Waals surface area contributed by atoms with Gasteiger partial charge >= 0.3 is 0 Å². The van der Waals surface area contributed by atoms with Gasteiger partial charge in [0.15, 0.2) is 0 Å². The SMILES string of the molecule is CC1(C)CC[C@@H](c2cc(F)cc(F)c2)N(CC(=O)Nc2ccc3c(c2)C[C@]2(CNc4c2ccc[n+]4[O-])C3)C1=O. The molecule has 9 heteroatoms. The lowest BCUT2D eigenvalue weighted by Gasteiger charge is -2.43. The van der Waals surface area contributed by atoms with E-state index in [1.54, 1.807) is 6.07 Å². The number of carbonyl (C=O) groups excluding carboxylic acids is 2. The Bertz CT molecular complexity index is 1490. The third kappa shape index (κ3) is 4.39. The number of carbonyl (C=O) groups is 2. The Kier molecular flexibility index (Phi) is 5.86. The molecule has 0 saturated carbocycles. The number of hydrogen-bond donors (Lipinski definition) is 2. The first-order valence-corrected chi connectivity index (χ1v) is 13.2. The van der Waals surface area contributed by atoms with E-state index in [0.29, 0.717) is 36.5 Å². The predicted octanol–water partition coefficient (Wildman–Crippen LogP) is 4.39. The molecular formula is C30H30F2N4O3. The van der Waals surface area contributed by atoms with Gasteiger partial charge in [0, 0.05) is 22.6 Å². The van der Waals surface area contributed by atoms with Crippen LogP contribution in [0.25, 0.3) is 0 Å². The number of rotatable bonds is 4. The van der Waals surface area contributed by atoms with Crippen molar-refractivity contribution >= 4 is 23.3 Å². The highest BCUT2D eigenvalue weighted by atomic mass is 19.1. The van der Waals surface area contributed by atoms with E-state index in [4.69, 9.17) is 0 Å². The maximum absolute atomic E-state index is 14.0. The molecule has 2 amide bonds. The number of nitrogens with one attached hydrogen (secondary N) is 2. The first-order chi connectivity index (χ1) is 18.5. The number of pyridine rings is 1. The van der Waals surface area contributed by atoms with E-state index in [9.17, 15) is 23.6 Å². The highest BCUT2D eigenvalue weighted by Crippen LogP contribution is 2.46. The molecule has 1 aromatic heterocycles. The van der Waals surface area contributed by atoms with Gasteiger partial charge in [0.05, 0.1) is 24.3 Å². The molecule has 2 aliphatic heterocycles. The Hall–Kier alpha value is -4.01. The minimum Gasteiger partial charge on any atom is -0.711 e. The summed E-state index contributed by atoms with van der Waals surface area (Å²) in [5.74, 6) is -1.44. The molecule has 2 atom stereocenters. The normalized spacial score (nSPS) is 22.9. The molecule has 1 fully saturated rings. The molecule has 1 spiro atoms. The highest BCUT2D eigenvalue weighted by molar-refractivity contribution is 5.95. The van der Waals surface area contributed by atoms with Crippen LogP contribution in [0.2, 0.25) is 0 Å². The smallest absolute Gasteiger partial charge is 0.281 e. The average Bonchev–Trinajstić information content (AvgIpc) is 3.42. The maximum Gasteiger partial charge on any atom is 0.281 e. The molecule has 0 bridgehead atoms. The van der Waals surface area contributed by atoms with Crippen molar-refractivity contribution in [2.75, 3.05) is 23.7 Å². The van der Waals surface area contributed by atoms with Crippen molar-refractivity contribution in [3.8, 4) is 0 Å². The molecule has 202 valence electrons. The van der Waals surface area contributed by atoms with Gasteiger partial charge in [-0.1, -0.05) is 19.9 Å². The van der Waals surface area contributed by atoms with Crippen molar-refractivity contribution in [2.45, 2.75) is 51.0 Å². The molecule has 1 saturated heterocycles. The number of piperidine rings is 1. The van der Waals surface area contributed by atoms with Crippen LogP contribution in [-0.2, 0) is 27.8 Å². The topological polar surface area (TPSA) is 88.4 Å². The fourth-order valence-corrected chi connectivity index (χ4v) is 6.53. The molecule has 3 aliphatic rings. The van der Waals surface area contributed by atoms with Gasteiger partial charge in [-0.3, -0.25) is 14.9 Å². The third-order valence-corrected chi connectivity index (χ3v) is 8.52. The van der Waals surface area contributed by atoms with Crippen LogP contribution in [0.5, 0.6) is 0 Å². The van der Waals surface area contributed by atoms with E-state index >= 15 is 0 Å². The van der Waals surface area contributed by atoms with Gasteiger partial charge in [-0.05, 0) is 78.8 Å². The first-order valence-electron chi connectivity index (χ1n) is 13.2. The second-order valence-corrected chi connectivity index (χ2v) is 11.7. The van der Waals surface area contributed by atoms with Crippen LogP contribution in [0.1, 0.15) is 55.0 Å². The maximum atomic E-state index is 14.0. The molecule has 7 nitrogen and oxygen atoms in total. The number of aromatic nitrogens is 1. The van der Waals surface area contributed by atoms with Crippen LogP contribution in [0.4, 0.5) is 20.3 Å². The number of likely N-dealkylation sites (tertiary alicyclic amines) is 1. The lowest BCUT2D eigenvalue weighted by molar-refractivity contribution is -0.590. The van der Waals surface area contributed by atoms with Crippen molar-refractivity contribution in [1.29, 1.82) is 0 Å². The van der Waals surface area contributed by atoms with Gasteiger partial charge in [0.25, 0.3) is 5.82 Å². The second-order valence-electron chi connectivity index (χ2n) is 11.7. The molecule has 1 aliphatic carbocycles. The number of nitrogens with zero attached hydrogens (tertiary/aromatic N) is 2. The summed E-state index contributed by atoms with van der Waals surface area (Å²) in [6, 6.07) is 12.2. The van der Waals surface area contributed by atoms with Crippen LogP contribution >= 0.6 is 0 Å². The van der Waals surface area contributed by atoms with Crippen LogP contribution < -0.4 is 15.4 Å². The van der Waals surface area contributed by atoms with E-state index in [1.807, 2.05) is 38.1 Å². The molecular weight excluding hydrogens is 502 g/mol. The van der Waals surface area contributed by atoms with Crippen LogP contribution in [0.3, 0.4) is 0 Å². The fourth-order valence-electron chi connectivity index (χ4n) is 6.53. The quantitative estimate of drug-likeness (QED) is 0.386. The fraction of sp³-hybridized carbons (Fsp3) is 0.367. The minimum atomic E-state index is -0.715. The zero-order valence-electron chi connectivity index (χ0n) is 21.9. The number of anilines is 2. The van der Waals surface area contributed by atoms with Crippen LogP contribution in [-0.4, -0.2) is 29.8 Å². The second kappa shape index (κ2) is 9.03. The molecule has 3 heterocycles. The molecule has 2 aromatic carbocycles. The van der Waals surface area contributed by atoms with E-state index in [0.717, 1.165) is 34.8 Å². The van der Waals surface area contributed by atoms with E-state index in [1.165, 1.54) is 28.8 Å². The Morgan fingerprint density at radius 3 is 2.64 bits per heavy atom. The summed E-state index contributed by atoms with van der Waals surface area (Å²) in [6.45, 7) is 4.08. The number of halogens is 2.